The van der Waals surface area contributed by atoms with E-state index in [4.69, 9.17) is 48.1 Å². The van der Waals surface area contributed by atoms with Crippen LogP contribution in [0, 0.1) is 30.1 Å². The van der Waals surface area contributed by atoms with Gasteiger partial charge in [0.1, 0.15) is 100.0 Å². The van der Waals surface area contributed by atoms with Crippen molar-refractivity contribution in [2.75, 3.05) is 135 Å². The first-order valence-electron chi connectivity index (χ1n) is 42.6. The Labute approximate surface area is 763 Å². The molecule has 15 heterocycles. The molecule has 5 saturated heterocycles. The summed E-state index contributed by atoms with van der Waals surface area (Å²) in [6.07, 6.45) is 21.3. The molecule has 0 amide bonds. The number of hydrogen-bond donors (Lipinski definition) is 16. The van der Waals surface area contributed by atoms with Crippen LogP contribution in [0.5, 0.6) is 0 Å². The molecule has 10 aromatic rings. The molecule has 0 radical (unpaired) electrons. The summed E-state index contributed by atoms with van der Waals surface area (Å²) >= 11 is 12.0. The topological polar surface area (TPSA) is 535 Å². The Morgan fingerprint density at radius 2 is 0.814 bits per heavy atom. The molecule has 0 bridgehead atoms. The van der Waals surface area contributed by atoms with Crippen LogP contribution in [0.15, 0.2) is 50.8 Å². The quantitative estimate of drug-likeness (QED) is 0.0124. The largest absolute Gasteiger partial charge is 0.388 e. The van der Waals surface area contributed by atoms with Crippen LogP contribution in [-0.4, -0.2) is 391 Å². The van der Waals surface area contributed by atoms with Gasteiger partial charge in [-0.05, 0) is 163 Å². The summed E-state index contributed by atoms with van der Waals surface area (Å²) in [5.41, 5.74) is 2.35. The van der Waals surface area contributed by atoms with E-state index in [0.717, 1.165) is 66.9 Å². The van der Waals surface area contributed by atoms with E-state index in [2.05, 4.69) is 180 Å². The maximum Gasteiger partial charge on any atom is 0.280 e. The molecule has 129 heavy (non-hydrogen) atoms. The number of anilines is 2. The molecule has 714 valence electrons. The van der Waals surface area contributed by atoms with E-state index in [1.54, 1.807) is 66.1 Å². The fraction of sp³-hybridized carbons (Fsp3) is 0.622. The molecule has 0 aliphatic carbocycles. The molecule has 0 saturated carbocycles. The Bertz CT molecular complexity index is 6040. The van der Waals surface area contributed by atoms with Gasteiger partial charge in [-0.2, -0.15) is 9.97 Å². The molecule has 20 atom stereocenters. The molecule has 5 aliphatic heterocycles. The number of nitrogens with one attached hydrogen (secondary N) is 6. The van der Waals surface area contributed by atoms with Crippen molar-refractivity contribution in [3.63, 3.8) is 0 Å². The zero-order valence-electron chi connectivity index (χ0n) is 76.3. The van der Waals surface area contributed by atoms with Crippen LogP contribution in [0.25, 0.3) is 55.7 Å². The highest BCUT2D eigenvalue weighted by Crippen LogP contribution is 2.46. The van der Waals surface area contributed by atoms with Crippen molar-refractivity contribution in [1.82, 2.24) is 92.6 Å². The van der Waals surface area contributed by atoms with Gasteiger partial charge >= 0.3 is 0 Å². The molecule has 16 N–H and O–H groups in total. The van der Waals surface area contributed by atoms with Crippen LogP contribution in [-0.2, 0) is 23.7 Å². The average molecular weight is 1950 g/mol. The van der Waals surface area contributed by atoms with Crippen molar-refractivity contribution in [3.05, 3.63) is 89.1 Å². The minimum atomic E-state index is -1.28. The number of H-pyrrole nitrogens is 5. The van der Waals surface area contributed by atoms with E-state index < -0.39 is 157 Å². The number of thioether (sulfide) groups is 1. The molecular formula is C82H130N21O18P5S3. The Morgan fingerprint density at radius 3 is 1.25 bits per heavy atom. The number of aromatic amines is 5. The summed E-state index contributed by atoms with van der Waals surface area (Å²) in [7, 11) is 5.15. The maximum atomic E-state index is 12.4. The Balaban J connectivity index is 0.000000156. The molecule has 15 rings (SSSR count). The van der Waals surface area contributed by atoms with Gasteiger partial charge in [0.05, 0.1) is 54.9 Å². The van der Waals surface area contributed by atoms with Crippen molar-refractivity contribution < 1.29 is 74.7 Å². The van der Waals surface area contributed by atoms with E-state index in [0.29, 0.717) is 92.4 Å². The molecule has 5 aliphatic rings. The van der Waals surface area contributed by atoms with Gasteiger partial charge in [0.15, 0.2) is 74.4 Å². The van der Waals surface area contributed by atoms with E-state index >= 15 is 0 Å². The summed E-state index contributed by atoms with van der Waals surface area (Å²) in [4.78, 5) is 91.0. The fourth-order valence-corrected chi connectivity index (χ4v) is 21.8. The molecule has 39 nitrogen and oxygen atoms in total. The fourth-order valence-electron chi connectivity index (χ4n) is 15.4. The minimum Gasteiger partial charge on any atom is -0.388 e. The van der Waals surface area contributed by atoms with Crippen LogP contribution >= 0.6 is 70.6 Å². The van der Waals surface area contributed by atoms with Crippen molar-refractivity contribution in [1.29, 1.82) is 0 Å². The number of nitrogens with zero attached hydrogens (tertiary/aromatic N) is 15. The average Bonchev–Trinajstić information content (AvgIpc) is 2.43. The number of aliphatic hydroxyl groups is 10. The van der Waals surface area contributed by atoms with Gasteiger partial charge in [0, 0.05) is 33.1 Å². The van der Waals surface area contributed by atoms with Gasteiger partial charge in [-0.1, -0.05) is 56.0 Å². The highest BCUT2D eigenvalue weighted by molar-refractivity contribution is 7.99. The third kappa shape index (κ3) is 25.0. The molecule has 0 unspecified atom stereocenters. The van der Waals surface area contributed by atoms with Crippen LogP contribution in [0.1, 0.15) is 107 Å². The summed E-state index contributed by atoms with van der Waals surface area (Å²) in [6, 6.07) is 1.85. The van der Waals surface area contributed by atoms with Crippen LogP contribution in [0.4, 0.5) is 11.9 Å². The third-order valence-corrected chi connectivity index (χ3v) is 31.5. The maximum absolute atomic E-state index is 12.4. The van der Waals surface area contributed by atoms with Gasteiger partial charge in [0.25, 0.3) is 16.7 Å². The second-order valence-electron chi connectivity index (χ2n) is 37.3. The Kier molecular flexibility index (Phi) is 33.7. The predicted molar refractivity (Wildman–Crippen MR) is 527 cm³/mol. The van der Waals surface area contributed by atoms with Crippen LogP contribution in [0.3, 0.4) is 0 Å². The van der Waals surface area contributed by atoms with Gasteiger partial charge < -0.3 is 104 Å². The molecular weight excluding hydrogens is 1820 g/mol. The van der Waals surface area contributed by atoms with Gasteiger partial charge in [-0.25, -0.2) is 34.9 Å². The van der Waals surface area contributed by atoms with E-state index in [1.807, 2.05) is 13.0 Å². The van der Waals surface area contributed by atoms with Crippen LogP contribution < -0.4 is 26.9 Å². The zero-order chi connectivity index (χ0) is 94.9. The number of aliphatic hydroxyl groups excluding tert-OH is 10. The highest BCUT2D eigenvalue weighted by Gasteiger charge is 2.50. The second kappa shape index (κ2) is 42.2. The first-order chi connectivity index (χ1) is 60.2. The number of unbranched alkanes of at least 4 members (excludes halogenated alkanes) is 2. The lowest BCUT2D eigenvalue weighted by atomic mass is 10.1. The van der Waals surface area contributed by atoms with E-state index in [1.165, 1.54) is 33.6 Å². The zero-order valence-corrected chi connectivity index (χ0v) is 83.2. The number of aryl methyl sites for hydroxylation is 3. The molecule has 47 heteroatoms. The lowest BCUT2D eigenvalue weighted by Gasteiger charge is -2.20. The monoisotopic (exact) mass is 1950 g/mol. The van der Waals surface area contributed by atoms with Crippen LogP contribution in [0.2, 0.25) is 0 Å². The van der Waals surface area contributed by atoms with Crippen molar-refractivity contribution in [3.8, 4) is 0 Å². The Morgan fingerprint density at radius 1 is 0.442 bits per heavy atom. The number of rotatable bonds is 27. The van der Waals surface area contributed by atoms with Crippen molar-refractivity contribution >= 4 is 170 Å². The number of ether oxygens (including phenoxy) is 5. The molecule has 10 aromatic heterocycles. The third-order valence-electron chi connectivity index (χ3n) is 22.5. The number of hydrogen-bond acceptors (Lipinski definition) is 32. The first-order valence-corrected chi connectivity index (χ1v) is 59.7. The second-order valence-corrected chi connectivity index (χ2v) is 60.7. The van der Waals surface area contributed by atoms with E-state index in [-0.39, 0.29) is 44.8 Å². The lowest BCUT2D eigenvalue weighted by molar-refractivity contribution is -0.0400. The minimum absolute atomic E-state index is 0.151. The Hall–Kier alpha value is -6.49. The van der Waals surface area contributed by atoms with Gasteiger partial charge in [0.2, 0.25) is 11.9 Å². The van der Waals surface area contributed by atoms with Gasteiger partial charge in [-0.3, -0.25) is 42.6 Å². The molecule has 5 fully saturated rings. The number of fused-ring (bicyclic) bond motifs is 5. The number of imidazole rings is 4. The molecule has 0 aromatic carbocycles. The molecule has 0 spiro atoms. The normalized spacial score (nSPS) is 26.7. The first kappa shape index (κ1) is 103. The highest BCUT2D eigenvalue weighted by atomic mass is 32.2. The van der Waals surface area contributed by atoms with Crippen molar-refractivity contribution in [2.24, 2.45) is 0 Å². The SMILES string of the molecule is C=P(C)(C)CC[C@H]1O[C@@H](n2c(SCCCCC)nc3c(=O)[nH]c(C)nc32)[C@H](O)[C@@H]1O.C=P(C)(C)CC[C@H]1O[C@@H](n2ccc3c(=S)nc(C)[nH]c32)[C@H](O)[C@@H]1O.C=P(C)(C)CC[C@H]1O[C@@H](n2cnc3c(=O)[nH]c(N(C)C)nc32)[C@H](O)[C@@H]1O.C=P(C)(C)CC[C@H]1O[C@@H](n2cnc3c(=O)[nH]c(NC)nc32)[C@H](O)[C@@H]1O.C=P(C)(C)CC[C@H]1O[C@@H](n2cnc3c(=S)nc(C)[nH]c32)[C@H](O)[C@@H]1O. The predicted octanol–water partition coefficient (Wildman–Crippen LogP) is 5.85. The standard InChI is InChI=1S/C20H33N4O4PS.C16H26N5O4P.C16H24N3O3PS.C15H24N5O4P.C15H23N4O3PS/c1-6-7-8-11-30-20-23-14-17(21-12(2)22-18(14)27)24(20)19-16(26)15(25)13(28-19)9-10-29(3,4)5;1-20(2)16-18-13-10(14(24)19-16)17-8-21(13)15-12(23)11(22)9(25-15)6-7-26(3,4)5;1-9-17-14-10(15(24)18-9)5-7-19(14)16-13(21)12(20)11(22-16)6-8-23(2,3)4;1-16-15-18-12-9(13(23)19-15)17-7-20(12)14-11(22)10(21)8(24-14)5-6-25(2,3)4;1-8-17-13-10(14(24)18-8)16-7-19(13)15-12(21)11(20)9(22-15)5-6-23(2,3)4/h13,15-16,19,25-26H,3,6-11H2,1-2,4-5H3,(H,21,22,27);8-9,11-12,15,22-23H,3,6-7H2,1-2,4-5H3,(H,18,19,24);5,7,11-13,16,20-21H,2,6,8H2,1,3-4H3,(H,17,18,24);7-8,10-11,14,21-22H,2,5-6H2,1,3-4H3,(H2,16,18,19,23);7,9,11-12,15,20-21H,2,5-6H2,1,3-4H3,(H,17,18,24)/t13-,15-,16-,19-;9-,11-,12-,15-;11-,12-,13-,16-;8-,10-,11-,14-;9-,11-,12-,15-/m11111/s1. The number of aromatic nitrogens is 19. The summed E-state index contributed by atoms with van der Waals surface area (Å²) in [5, 5.41) is 109. The summed E-state index contributed by atoms with van der Waals surface area (Å²) in [5.74, 6) is 3.31. The lowest BCUT2D eigenvalue weighted by Crippen LogP contribution is -2.32. The smallest absolute Gasteiger partial charge is 0.280 e. The van der Waals surface area contributed by atoms with Gasteiger partial charge in [-0.15, -0.1) is 65.9 Å². The van der Waals surface area contributed by atoms with E-state index in [9.17, 15) is 65.4 Å². The van der Waals surface area contributed by atoms with Crippen molar-refractivity contribution in [2.45, 2.75) is 207 Å². The summed E-state index contributed by atoms with van der Waals surface area (Å²) < 4.78 is 38.9. The summed E-state index contributed by atoms with van der Waals surface area (Å²) in [6.45, 7) is 22.6.